The summed E-state index contributed by atoms with van der Waals surface area (Å²) in [4.78, 5) is 17.6. The Bertz CT molecular complexity index is 2050. The number of nitrogen functional groups attached to an aromatic ring is 1. The number of aromatic amines is 1. The van der Waals surface area contributed by atoms with E-state index >= 15 is 4.57 Å². The molecule has 326 valence electrons. The number of benzene rings is 1. The Morgan fingerprint density at radius 1 is 1.02 bits per heavy atom. The number of carbonyl (C=O) groups excluding carboxylic acids is 1. The van der Waals surface area contributed by atoms with E-state index in [2.05, 4.69) is 102 Å². The van der Waals surface area contributed by atoms with Gasteiger partial charge in [0.15, 0.2) is 22.5 Å². The first kappa shape index (κ1) is 46.6. The Morgan fingerprint density at radius 2 is 1.66 bits per heavy atom. The lowest BCUT2D eigenvalue weighted by Gasteiger charge is -2.47. The van der Waals surface area contributed by atoms with Crippen molar-refractivity contribution < 1.29 is 32.0 Å². The standard InChI is InChI=1S/C41H67N8O7PSi2/c1-14-29(15-2)25-52-38(50)28(3)47-57(51,54-31-19-17-16-18-20-31)53-26-30-23-41(33-24-44-48-46-33,34-22-21-32-37(42)43-27-45-49(32)34)36(56-59(12,13)40(7,8)9)35(30)55-58(10,11)39(4,5)6/h16-22,24,27-30,35-36H,14-15,23,25-26H2,1-13H3,(H,47,51)(H2,42,43,45)(H,44,46,48)/t28-,30+,35-,36+,41+,57?/m0/s1. The molecule has 1 saturated carbocycles. The number of anilines is 1. The van der Waals surface area contributed by atoms with Gasteiger partial charge in [0.2, 0.25) is 0 Å². The van der Waals surface area contributed by atoms with Gasteiger partial charge in [-0.3, -0.25) is 9.32 Å². The molecule has 1 unspecified atom stereocenters. The molecule has 6 atom stereocenters. The van der Waals surface area contributed by atoms with Crippen LogP contribution in [0.15, 0.2) is 55.0 Å². The first-order valence-corrected chi connectivity index (χ1v) is 28.1. The highest BCUT2D eigenvalue weighted by atomic mass is 31.2. The van der Waals surface area contributed by atoms with Gasteiger partial charge in [0.25, 0.3) is 0 Å². The Morgan fingerprint density at radius 3 is 2.25 bits per heavy atom. The highest BCUT2D eigenvalue weighted by molar-refractivity contribution is 7.52. The molecule has 18 heteroatoms. The number of nitrogens with zero attached hydrogens (tertiary/aromatic N) is 5. The molecule has 0 radical (unpaired) electrons. The summed E-state index contributed by atoms with van der Waals surface area (Å²) < 4.78 is 50.3. The van der Waals surface area contributed by atoms with Crippen molar-refractivity contribution in [3.8, 4) is 5.75 Å². The average molecular weight is 871 g/mol. The first-order valence-electron chi connectivity index (χ1n) is 20.7. The average Bonchev–Trinajstić information content (AvgIpc) is 3.91. The van der Waals surface area contributed by atoms with Gasteiger partial charge in [0.1, 0.15) is 23.6 Å². The van der Waals surface area contributed by atoms with Crippen molar-refractivity contribution in [2.75, 3.05) is 18.9 Å². The number of hydrogen-bond donors (Lipinski definition) is 3. The van der Waals surface area contributed by atoms with Crippen molar-refractivity contribution >= 4 is 41.7 Å². The summed E-state index contributed by atoms with van der Waals surface area (Å²) in [5, 5.41) is 19.2. The van der Waals surface area contributed by atoms with Gasteiger partial charge in [-0.1, -0.05) is 86.4 Å². The molecule has 0 aliphatic heterocycles. The maximum Gasteiger partial charge on any atom is 0.459 e. The van der Waals surface area contributed by atoms with Gasteiger partial charge in [0.05, 0.1) is 48.4 Å². The smallest absolute Gasteiger partial charge is 0.459 e. The van der Waals surface area contributed by atoms with E-state index in [1.165, 1.54) is 6.33 Å². The van der Waals surface area contributed by atoms with E-state index in [0.29, 0.717) is 29.2 Å². The molecule has 3 heterocycles. The Balaban J connectivity index is 1.66. The monoisotopic (exact) mass is 870 g/mol. The topological polar surface area (TPSA) is 190 Å². The molecule has 3 aromatic heterocycles. The number of para-hydroxylation sites is 1. The van der Waals surface area contributed by atoms with Crippen LogP contribution < -0.4 is 15.3 Å². The van der Waals surface area contributed by atoms with Crippen molar-refractivity contribution in [2.24, 2.45) is 11.8 Å². The zero-order valence-electron chi connectivity index (χ0n) is 37.2. The van der Waals surface area contributed by atoms with Crippen molar-refractivity contribution in [3.05, 3.63) is 66.4 Å². The fourth-order valence-electron chi connectivity index (χ4n) is 7.05. The molecule has 1 aliphatic rings. The van der Waals surface area contributed by atoms with Gasteiger partial charge in [-0.2, -0.15) is 25.6 Å². The Labute approximate surface area is 352 Å². The number of H-pyrrole nitrogens is 1. The number of fused-ring (bicyclic) bond motifs is 1. The van der Waals surface area contributed by atoms with Crippen molar-refractivity contribution in [3.63, 3.8) is 0 Å². The molecule has 1 aliphatic carbocycles. The number of ether oxygens (including phenoxy) is 1. The summed E-state index contributed by atoms with van der Waals surface area (Å²) in [6.07, 6.45) is 4.03. The van der Waals surface area contributed by atoms with Crippen LogP contribution in [0.1, 0.15) is 93.0 Å². The quantitative estimate of drug-likeness (QED) is 0.0490. The fraction of sp³-hybridized carbons (Fsp3) is 0.634. The minimum Gasteiger partial charge on any atom is -0.464 e. The van der Waals surface area contributed by atoms with E-state index in [1.54, 1.807) is 41.9 Å². The lowest BCUT2D eigenvalue weighted by Crippen LogP contribution is -2.56. The number of rotatable bonds is 18. The predicted octanol–water partition coefficient (Wildman–Crippen LogP) is 8.68. The summed E-state index contributed by atoms with van der Waals surface area (Å²) in [5.41, 5.74) is 7.42. The van der Waals surface area contributed by atoms with Gasteiger partial charge < -0.3 is 23.8 Å². The molecule has 1 fully saturated rings. The second kappa shape index (κ2) is 17.9. The summed E-state index contributed by atoms with van der Waals surface area (Å²) in [7, 11) is -9.43. The molecule has 5 rings (SSSR count). The molecule has 1 aromatic carbocycles. The molecule has 4 N–H and O–H groups in total. The van der Waals surface area contributed by atoms with Crippen LogP contribution in [-0.2, 0) is 32.9 Å². The predicted molar refractivity (Wildman–Crippen MR) is 235 cm³/mol. The minimum absolute atomic E-state index is 0.0939. The summed E-state index contributed by atoms with van der Waals surface area (Å²) in [6, 6.07) is 11.7. The summed E-state index contributed by atoms with van der Waals surface area (Å²) in [6.45, 7) is 28.0. The molecule has 59 heavy (non-hydrogen) atoms. The number of hydrogen-bond acceptors (Lipinski definition) is 12. The Kier molecular flexibility index (Phi) is 14.1. The van der Waals surface area contributed by atoms with Gasteiger partial charge in [0, 0.05) is 5.92 Å². The zero-order valence-corrected chi connectivity index (χ0v) is 40.1. The molecule has 0 saturated heterocycles. The van der Waals surface area contributed by atoms with Crippen molar-refractivity contribution in [1.82, 2.24) is 35.1 Å². The third kappa shape index (κ3) is 10.0. The molecular weight excluding hydrogens is 804 g/mol. The van der Waals surface area contributed by atoms with Gasteiger partial charge in [-0.25, -0.2) is 14.1 Å². The number of esters is 1. The molecule has 0 bridgehead atoms. The molecular formula is C41H67N8O7PSi2. The molecule has 0 spiro atoms. The van der Waals surface area contributed by atoms with E-state index in [-0.39, 0.29) is 29.2 Å². The largest absolute Gasteiger partial charge is 0.464 e. The fourth-order valence-corrected chi connectivity index (χ4v) is 11.3. The van der Waals surface area contributed by atoms with Crippen molar-refractivity contribution in [2.45, 2.75) is 142 Å². The van der Waals surface area contributed by atoms with Gasteiger partial charge >= 0.3 is 13.7 Å². The third-order valence-electron chi connectivity index (χ3n) is 12.9. The van der Waals surface area contributed by atoms with Crippen LogP contribution in [0.2, 0.25) is 36.3 Å². The van der Waals surface area contributed by atoms with Gasteiger partial charge in [-0.05, 0) is 79.8 Å². The number of aromatic nitrogens is 6. The molecule has 0 amide bonds. The lowest BCUT2D eigenvalue weighted by atomic mass is 9.77. The van der Waals surface area contributed by atoms with Crippen LogP contribution in [0.4, 0.5) is 5.82 Å². The summed E-state index contributed by atoms with van der Waals surface area (Å²) in [5.74, 6) is -0.136. The van der Waals surface area contributed by atoms with Gasteiger partial charge in [-0.15, -0.1) is 0 Å². The molecule has 4 aromatic rings. The van der Waals surface area contributed by atoms with E-state index in [4.69, 9.17) is 38.6 Å². The highest BCUT2D eigenvalue weighted by Gasteiger charge is 2.63. The minimum atomic E-state index is -4.27. The van der Waals surface area contributed by atoms with Crippen LogP contribution in [-0.4, -0.2) is 84.1 Å². The van der Waals surface area contributed by atoms with Crippen molar-refractivity contribution in [1.29, 1.82) is 0 Å². The van der Waals surface area contributed by atoms with Crippen LogP contribution >= 0.6 is 7.75 Å². The summed E-state index contributed by atoms with van der Waals surface area (Å²) >= 11 is 0. The maximum atomic E-state index is 15.0. The normalized spacial score (nSPS) is 22.1. The number of carbonyl (C=O) groups is 1. The zero-order chi connectivity index (χ0) is 43.6. The van der Waals surface area contributed by atoms with E-state index in [1.807, 2.05) is 18.2 Å². The highest BCUT2D eigenvalue weighted by Crippen LogP contribution is 2.56. The first-order chi connectivity index (χ1) is 27.5. The van der Waals surface area contributed by atoms with Crippen LogP contribution in [0.3, 0.4) is 0 Å². The second-order valence-corrected chi connectivity index (χ2v) is 30.2. The third-order valence-corrected chi connectivity index (χ3v) is 23.4. The lowest BCUT2D eigenvalue weighted by molar-refractivity contribution is -0.146. The Hall–Kier alpha value is -3.45. The number of nitrogens with two attached hydrogens (primary N) is 1. The van der Waals surface area contributed by atoms with E-state index < -0.39 is 59.9 Å². The maximum absolute atomic E-state index is 15.0. The van der Waals surface area contributed by atoms with Crippen LogP contribution in [0, 0.1) is 11.8 Å². The van der Waals surface area contributed by atoms with Crippen LogP contribution in [0.25, 0.3) is 5.52 Å². The van der Waals surface area contributed by atoms with E-state index in [9.17, 15) is 4.79 Å². The SMILES string of the molecule is CCC(CC)COC(=O)[C@H](C)NP(=O)(OC[C@H]1C[C@@](c2cn[nH]n2)(c2ccc3c(N)ncnn23)[C@H](O[Si](C)(C)C(C)(C)C)[C@H]1O[Si](C)(C)C(C)(C)C)Oc1ccccc1. The second-order valence-electron chi connectivity index (χ2n) is 19.0. The molecule has 15 nitrogen and oxygen atoms in total. The van der Waals surface area contributed by atoms with Crippen LogP contribution in [0.5, 0.6) is 5.75 Å². The van der Waals surface area contributed by atoms with E-state index in [0.717, 1.165) is 18.5 Å². The number of nitrogens with one attached hydrogen (secondary N) is 2.